The molecule has 1 atom stereocenters. The van der Waals surface area contributed by atoms with Gasteiger partial charge in [-0.3, -0.25) is 0 Å². The first kappa shape index (κ1) is 16.7. The van der Waals surface area contributed by atoms with E-state index in [1.54, 1.807) is 0 Å². The van der Waals surface area contributed by atoms with Gasteiger partial charge < -0.3 is 15.1 Å². The lowest BCUT2D eigenvalue weighted by atomic mass is 10.1. The summed E-state index contributed by atoms with van der Waals surface area (Å²) in [4.78, 5) is 11.0. The van der Waals surface area contributed by atoms with E-state index in [4.69, 9.17) is 4.98 Å². The highest BCUT2D eigenvalue weighted by molar-refractivity contribution is 7.15. The molecule has 1 aromatic heterocycles. The molecule has 0 amide bonds. The maximum atomic E-state index is 4.80. The summed E-state index contributed by atoms with van der Waals surface area (Å²) >= 11 is 1.84. The lowest BCUT2D eigenvalue weighted by molar-refractivity contribution is 0.248. The molecule has 1 saturated heterocycles. The Kier molecular flexibility index (Phi) is 5.28. The molecule has 120 valence electrons. The van der Waals surface area contributed by atoms with Gasteiger partial charge in [0.25, 0.3) is 0 Å². The van der Waals surface area contributed by atoms with Gasteiger partial charge in [0.2, 0.25) is 0 Å². The van der Waals surface area contributed by atoms with Crippen molar-refractivity contribution >= 4 is 16.5 Å². The number of nitrogens with one attached hydrogen (secondary N) is 1. The Balaban J connectivity index is 2.03. The molecule has 0 spiro atoms. The number of aromatic nitrogens is 1. The van der Waals surface area contributed by atoms with Gasteiger partial charge in [-0.15, -0.1) is 11.3 Å². The maximum Gasteiger partial charge on any atom is 0.185 e. The van der Waals surface area contributed by atoms with Crippen molar-refractivity contribution in [1.82, 2.24) is 15.2 Å². The third-order valence-electron chi connectivity index (χ3n) is 4.11. The molecule has 2 heterocycles. The smallest absolute Gasteiger partial charge is 0.185 e. The first-order chi connectivity index (χ1) is 9.76. The SMILES string of the molecule is Cc1nc(N(C)C2CCCN(C)C2)sc1CNC(C)(C)C. The van der Waals surface area contributed by atoms with Crippen molar-refractivity contribution in [3.05, 3.63) is 10.6 Å². The molecule has 2 rings (SSSR count). The molecule has 0 bridgehead atoms. The minimum atomic E-state index is 0.147. The lowest BCUT2D eigenvalue weighted by Crippen LogP contribution is -2.45. The van der Waals surface area contributed by atoms with Crippen LogP contribution >= 0.6 is 11.3 Å². The Morgan fingerprint density at radius 2 is 2.14 bits per heavy atom. The second-order valence-electron chi connectivity index (χ2n) is 7.28. The van der Waals surface area contributed by atoms with Crippen LogP contribution in [0.2, 0.25) is 0 Å². The largest absolute Gasteiger partial charge is 0.347 e. The quantitative estimate of drug-likeness (QED) is 0.926. The fourth-order valence-corrected chi connectivity index (χ4v) is 3.72. The van der Waals surface area contributed by atoms with Crippen molar-refractivity contribution in [2.45, 2.75) is 58.7 Å². The van der Waals surface area contributed by atoms with Crippen LogP contribution in [0.5, 0.6) is 0 Å². The van der Waals surface area contributed by atoms with Gasteiger partial charge in [0, 0.05) is 36.6 Å². The van der Waals surface area contributed by atoms with Gasteiger partial charge in [0.05, 0.1) is 5.69 Å². The van der Waals surface area contributed by atoms with Gasteiger partial charge in [-0.1, -0.05) is 0 Å². The Labute approximate surface area is 133 Å². The third-order valence-corrected chi connectivity index (χ3v) is 5.36. The molecule has 1 aliphatic heterocycles. The van der Waals surface area contributed by atoms with Crippen molar-refractivity contribution in [2.75, 3.05) is 32.1 Å². The minimum absolute atomic E-state index is 0.147. The second kappa shape index (κ2) is 6.63. The molecule has 0 aliphatic carbocycles. The molecular weight excluding hydrogens is 280 g/mol. The van der Waals surface area contributed by atoms with Crippen LogP contribution in [0.25, 0.3) is 0 Å². The highest BCUT2D eigenvalue weighted by atomic mass is 32.1. The summed E-state index contributed by atoms with van der Waals surface area (Å²) in [6, 6.07) is 0.595. The first-order valence-electron chi connectivity index (χ1n) is 7.89. The second-order valence-corrected chi connectivity index (χ2v) is 8.34. The first-order valence-corrected chi connectivity index (χ1v) is 8.70. The number of hydrogen-bond donors (Lipinski definition) is 1. The zero-order chi connectivity index (χ0) is 15.6. The van der Waals surface area contributed by atoms with Crippen molar-refractivity contribution in [3.8, 4) is 0 Å². The van der Waals surface area contributed by atoms with Crippen LogP contribution in [0.15, 0.2) is 0 Å². The number of nitrogens with zero attached hydrogens (tertiary/aromatic N) is 3. The molecule has 1 aliphatic rings. The van der Waals surface area contributed by atoms with Crippen LogP contribution in [-0.4, -0.2) is 48.6 Å². The van der Waals surface area contributed by atoms with Gasteiger partial charge in [-0.05, 0) is 54.1 Å². The normalized spacial score (nSPS) is 20.8. The summed E-state index contributed by atoms with van der Waals surface area (Å²) in [7, 11) is 4.41. The van der Waals surface area contributed by atoms with Crippen LogP contribution < -0.4 is 10.2 Å². The molecular formula is C16H30N4S. The van der Waals surface area contributed by atoms with E-state index < -0.39 is 0 Å². The van der Waals surface area contributed by atoms with Crippen molar-refractivity contribution in [1.29, 1.82) is 0 Å². The van der Waals surface area contributed by atoms with Crippen LogP contribution in [-0.2, 0) is 6.54 Å². The number of likely N-dealkylation sites (tertiary alicyclic amines) is 1. The van der Waals surface area contributed by atoms with Crippen LogP contribution in [0.1, 0.15) is 44.2 Å². The maximum absolute atomic E-state index is 4.80. The van der Waals surface area contributed by atoms with Crippen LogP contribution in [0.3, 0.4) is 0 Å². The van der Waals surface area contributed by atoms with E-state index in [2.05, 4.69) is 56.9 Å². The number of rotatable bonds is 4. The predicted molar refractivity (Wildman–Crippen MR) is 92.4 cm³/mol. The predicted octanol–water partition coefficient (Wildman–Crippen LogP) is 2.87. The van der Waals surface area contributed by atoms with E-state index in [9.17, 15) is 0 Å². The molecule has 0 radical (unpaired) electrons. The highest BCUT2D eigenvalue weighted by Crippen LogP contribution is 2.28. The van der Waals surface area contributed by atoms with E-state index in [-0.39, 0.29) is 5.54 Å². The molecule has 0 saturated carbocycles. The Morgan fingerprint density at radius 1 is 1.43 bits per heavy atom. The minimum Gasteiger partial charge on any atom is -0.347 e. The number of anilines is 1. The van der Waals surface area contributed by atoms with E-state index in [1.165, 1.54) is 35.1 Å². The Hall–Kier alpha value is -0.650. The summed E-state index contributed by atoms with van der Waals surface area (Å²) < 4.78 is 0. The standard InChI is InChI=1S/C16H30N4S/c1-12-14(10-17-16(2,3)4)21-15(18-12)20(6)13-8-7-9-19(5)11-13/h13,17H,7-11H2,1-6H3. The number of aryl methyl sites for hydroxylation is 1. The van der Waals surface area contributed by atoms with E-state index >= 15 is 0 Å². The highest BCUT2D eigenvalue weighted by Gasteiger charge is 2.24. The van der Waals surface area contributed by atoms with E-state index in [0.29, 0.717) is 6.04 Å². The molecule has 1 fully saturated rings. The monoisotopic (exact) mass is 310 g/mol. The summed E-state index contributed by atoms with van der Waals surface area (Å²) in [6.45, 7) is 12.0. The Bertz CT molecular complexity index is 463. The van der Waals surface area contributed by atoms with Crippen molar-refractivity contribution in [3.63, 3.8) is 0 Å². The van der Waals surface area contributed by atoms with Crippen LogP contribution in [0, 0.1) is 6.92 Å². The average Bonchev–Trinajstić information content (AvgIpc) is 2.76. The molecule has 1 N–H and O–H groups in total. The topological polar surface area (TPSA) is 31.4 Å². The van der Waals surface area contributed by atoms with Crippen molar-refractivity contribution < 1.29 is 0 Å². The summed E-state index contributed by atoms with van der Waals surface area (Å²) in [6.07, 6.45) is 2.56. The van der Waals surface area contributed by atoms with Crippen molar-refractivity contribution in [2.24, 2.45) is 0 Å². The summed E-state index contributed by atoms with van der Waals surface area (Å²) in [5, 5.41) is 4.73. The zero-order valence-corrected chi connectivity index (χ0v) is 15.2. The van der Waals surface area contributed by atoms with Gasteiger partial charge in [0.1, 0.15) is 0 Å². The van der Waals surface area contributed by atoms with Gasteiger partial charge >= 0.3 is 0 Å². The molecule has 4 nitrogen and oxygen atoms in total. The van der Waals surface area contributed by atoms with Gasteiger partial charge in [0.15, 0.2) is 5.13 Å². The fraction of sp³-hybridized carbons (Fsp3) is 0.812. The lowest BCUT2D eigenvalue weighted by Gasteiger charge is -2.35. The molecule has 21 heavy (non-hydrogen) atoms. The fourth-order valence-electron chi connectivity index (χ4n) is 2.68. The summed E-state index contributed by atoms with van der Waals surface area (Å²) in [5.41, 5.74) is 1.32. The zero-order valence-electron chi connectivity index (χ0n) is 14.4. The molecule has 0 aromatic carbocycles. The number of hydrogen-bond acceptors (Lipinski definition) is 5. The molecule has 1 unspecified atom stereocenters. The number of piperidine rings is 1. The van der Waals surface area contributed by atoms with Gasteiger partial charge in [-0.25, -0.2) is 4.98 Å². The Morgan fingerprint density at radius 3 is 2.76 bits per heavy atom. The number of thiazole rings is 1. The molecule has 1 aromatic rings. The molecule has 5 heteroatoms. The number of likely N-dealkylation sites (N-methyl/N-ethyl adjacent to an activating group) is 2. The summed E-state index contributed by atoms with van der Waals surface area (Å²) in [5.74, 6) is 0. The van der Waals surface area contributed by atoms with Gasteiger partial charge in [-0.2, -0.15) is 0 Å². The average molecular weight is 311 g/mol. The van der Waals surface area contributed by atoms with E-state index in [0.717, 1.165) is 13.1 Å². The van der Waals surface area contributed by atoms with Crippen LogP contribution in [0.4, 0.5) is 5.13 Å². The van der Waals surface area contributed by atoms with E-state index in [1.807, 2.05) is 11.3 Å². The third kappa shape index (κ3) is 4.66.